The molecule has 0 radical (unpaired) electrons. The van der Waals surface area contributed by atoms with Crippen molar-refractivity contribution in [3.63, 3.8) is 0 Å². The number of nitrogens with zero attached hydrogens (tertiary/aromatic N) is 4. The number of carbonyl (C=O) groups is 2. The van der Waals surface area contributed by atoms with Gasteiger partial charge >= 0.3 is 5.97 Å². The molecule has 0 bridgehead atoms. The van der Waals surface area contributed by atoms with Crippen molar-refractivity contribution in [1.29, 1.82) is 0 Å². The number of esters is 1. The normalized spacial score (nSPS) is 15.7. The summed E-state index contributed by atoms with van der Waals surface area (Å²) in [5, 5.41) is 12.1. The number of thioether (sulfide) groups is 1. The third kappa shape index (κ3) is 4.70. The standard InChI is InChI=1S/C19H25N5O3S/c1-4-12(2)16(18(26)27-3)21-15(25)11-28-19-23-22-17(24(19)14-5-6-14)13-7-9-20-10-8-13/h7-10,12,14,16H,4-6,11H2,1-3H3,(H,21,25)/t12-,16-/m1/s1. The predicted octanol–water partition coefficient (Wildman–Crippen LogP) is 2.47. The van der Waals surface area contributed by atoms with Crippen LogP contribution in [0.15, 0.2) is 29.7 Å². The summed E-state index contributed by atoms with van der Waals surface area (Å²) in [6.07, 6.45) is 6.37. The van der Waals surface area contributed by atoms with Crippen LogP contribution in [0.2, 0.25) is 0 Å². The number of ether oxygens (including phenoxy) is 1. The molecule has 9 heteroatoms. The van der Waals surface area contributed by atoms with Crippen LogP contribution in [-0.4, -0.2) is 50.5 Å². The summed E-state index contributed by atoms with van der Waals surface area (Å²) >= 11 is 1.33. The zero-order valence-corrected chi connectivity index (χ0v) is 17.1. The van der Waals surface area contributed by atoms with Gasteiger partial charge in [-0.3, -0.25) is 14.3 Å². The highest BCUT2D eigenvalue weighted by Crippen LogP contribution is 2.40. The fraction of sp³-hybridized carbons (Fsp3) is 0.526. The van der Waals surface area contributed by atoms with Gasteiger partial charge in [0.05, 0.1) is 12.9 Å². The van der Waals surface area contributed by atoms with Crippen molar-refractivity contribution in [3.8, 4) is 11.4 Å². The molecule has 1 saturated carbocycles. The van der Waals surface area contributed by atoms with E-state index >= 15 is 0 Å². The molecule has 0 unspecified atom stereocenters. The molecule has 0 aliphatic heterocycles. The Morgan fingerprint density at radius 1 is 1.32 bits per heavy atom. The summed E-state index contributed by atoms with van der Waals surface area (Å²) in [4.78, 5) is 28.4. The van der Waals surface area contributed by atoms with Crippen LogP contribution >= 0.6 is 11.8 Å². The molecule has 150 valence electrons. The van der Waals surface area contributed by atoms with Gasteiger partial charge < -0.3 is 10.1 Å². The van der Waals surface area contributed by atoms with Gasteiger partial charge in [-0.1, -0.05) is 32.0 Å². The molecule has 1 aliphatic carbocycles. The van der Waals surface area contributed by atoms with Crippen LogP contribution in [0.4, 0.5) is 0 Å². The first-order valence-electron chi connectivity index (χ1n) is 9.40. The number of nitrogens with one attached hydrogen (secondary N) is 1. The average Bonchev–Trinajstić information content (AvgIpc) is 3.48. The monoisotopic (exact) mass is 403 g/mol. The van der Waals surface area contributed by atoms with Gasteiger partial charge in [0.2, 0.25) is 5.91 Å². The Bertz CT molecular complexity index is 822. The smallest absolute Gasteiger partial charge is 0.328 e. The number of pyridine rings is 1. The van der Waals surface area contributed by atoms with E-state index in [1.807, 2.05) is 26.0 Å². The van der Waals surface area contributed by atoms with E-state index in [9.17, 15) is 9.59 Å². The zero-order valence-electron chi connectivity index (χ0n) is 16.3. The topological polar surface area (TPSA) is 99.0 Å². The van der Waals surface area contributed by atoms with Gasteiger partial charge in [-0.2, -0.15) is 0 Å². The lowest BCUT2D eigenvalue weighted by Gasteiger charge is -2.21. The Balaban J connectivity index is 1.68. The van der Waals surface area contributed by atoms with E-state index in [0.717, 1.165) is 30.7 Å². The highest BCUT2D eigenvalue weighted by Gasteiger charge is 2.31. The average molecular weight is 404 g/mol. The van der Waals surface area contributed by atoms with Crippen molar-refractivity contribution in [2.24, 2.45) is 5.92 Å². The third-order valence-electron chi connectivity index (χ3n) is 4.83. The summed E-state index contributed by atoms with van der Waals surface area (Å²) in [6.45, 7) is 3.89. The van der Waals surface area contributed by atoms with Crippen LogP contribution in [0.5, 0.6) is 0 Å². The Morgan fingerprint density at radius 3 is 2.64 bits per heavy atom. The van der Waals surface area contributed by atoms with E-state index in [4.69, 9.17) is 4.74 Å². The molecule has 0 aromatic carbocycles. The minimum Gasteiger partial charge on any atom is -0.467 e. The van der Waals surface area contributed by atoms with Crippen LogP contribution in [-0.2, 0) is 14.3 Å². The minimum atomic E-state index is -0.642. The van der Waals surface area contributed by atoms with Crippen LogP contribution in [0.1, 0.15) is 39.2 Å². The number of hydrogen-bond donors (Lipinski definition) is 1. The van der Waals surface area contributed by atoms with E-state index in [1.54, 1.807) is 12.4 Å². The molecule has 0 spiro atoms. The maximum atomic E-state index is 12.4. The lowest BCUT2D eigenvalue weighted by atomic mass is 9.99. The molecule has 1 aliphatic rings. The molecular weight excluding hydrogens is 378 g/mol. The van der Waals surface area contributed by atoms with Crippen LogP contribution in [0.25, 0.3) is 11.4 Å². The molecule has 1 amide bonds. The van der Waals surface area contributed by atoms with Gasteiger partial charge in [-0.15, -0.1) is 10.2 Å². The molecule has 3 rings (SSSR count). The predicted molar refractivity (Wildman–Crippen MR) is 106 cm³/mol. The summed E-state index contributed by atoms with van der Waals surface area (Å²) in [5.74, 6) is 0.297. The summed E-state index contributed by atoms with van der Waals surface area (Å²) < 4.78 is 6.92. The maximum Gasteiger partial charge on any atom is 0.328 e. The number of hydrogen-bond acceptors (Lipinski definition) is 7. The van der Waals surface area contributed by atoms with Crippen molar-refractivity contribution < 1.29 is 14.3 Å². The van der Waals surface area contributed by atoms with Crippen LogP contribution in [0.3, 0.4) is 0 Å². The van der Waals surface area contributed by atoms with Crippen molar-refractivity contribution in [3.05, 3.63) is 24.5 Å². The molecule has 1 fully saturated rings. The zero-order chi connectivity index (χ0) is 20.1. The van der Waals surface area contributed by atoms with Gasteiger partial charge in [0.25, 0.3) is 0 Å². The molecule has 8 nitrogen and oxygen atoms in total. The first-order valence-corrected chi connectivity index (χ1v) is 10.4. The van der Waals surface area contributed by atoms with E-state index in [1.165, 1.54) is 18.9 Å². The van der Waals surface area contributed by atoms with Crippen molar-refractivity contribution in [2.75, 3.05) is 12.9 Å². The molecule has 2 heterocycles. The van der Waals surface area contributed by atoms with Gasteiger partial charge in [0.1, 0.15) is 6.04 Å². The van der Waals surface area contributed by atoms with E-state index in [0.29, 0.717) is 11.2 Å². The Kier molecular flexibility index (Phi) is 6.66. The minimum absolute atomic E-state index is 0.00481. The number of methoxy groups -OCH3 is 1. The second-order valence-electron chi connectivity index (χ2n) is 6.89. The number of carbonyl (C=O) groups excluding carboxylic acids is 2. The largest absolute Gasteiger partial charge is 0.467 e. The molecule has 2 atom stereocenters. The molecule has 28 heavy (non-hydrogen) atoms. The maximum absolute atomic E-state index is 12.4. The second kappa shape index (κ2) is 9.18. The van der Waals surface area contributed by atoms with Gasteiger partial charge in [-0.05, 0) is 30.9 Å². The third-order valence-corrected chi connectivity index (χ3v) is 5.78. The fourth-order valence-corrected chi connectivity index (χ4v) is 3.69. The molecule has 1 N–H and O–H groups in total. The summed E-state index contributed by atoms with van der Waals surface area (Å²) in [6, 6.07) is 3.53. The molecule has 2 aromatic rings. The first kappa shape index (κ1) is 20.3. The lowest BCUT2D eigenvalue weighted by molar-refractivity contribution is -0.146. The SMILES string of the molecule is CC[C@@H](C)[C@@H](NC(=O)CSc1nnc(-c2ccncc2)n1C1CC1)C(=O)OC. The van der Waals surface area contributed by atoms with Gasteiger partial charge in [-0.25, -0.2) is 4.79 Å². The highest BCUT2D eigenvalue weighted by molar-refractivity contribution is 7.99. The molecule has 2 aromatic heterocycles. The Labute approximate surface area is 168 Å². The van der Waals surface area contributed by atoms with Crippen molar-refractivity contribution >= 4 is 23.6 Å². The second-order valence-corrected chi connectivity index (χ2v) is 7.83. The summed E-state index contributed by atoms with van der Waals surface area (Å²) in [5.41, 5.74) is 0.952. The van der Waals surface area contributed by atoms with Crippen molar-refractivity contribution in [1.82, 2.24) is 25.1 Å². The van der Waals surface area contributed by atoms with Crippen molar-refractivity contribution in [2.45, 2.75) is 50.4 Å². The van der Waals surface area contributed by atoms with Crippen LogP contribution in [0, 0.1) is 5.92 Å². The Hall–Kier alpha value is -2.42. The molecular formula is C19H25N5O3S. The summed E-state index contributed by atoms with van der Waals surface area (Å²) in [7, 11) is 1.33. The highest BCUT2D eigenvalue weighted by atomic mass is 32.2. The molecule has 0 saturated heterocycles. The first-order chi connectivity index (χ1) is 13.5. The fourth-order valence-electron chi connectivity index (χ4n) is 2.88. The van der Waals surface area contributed by atoms with Gasteiger partial charge in [0, 0.05) is 24.0 Å². The van der Waals surface area contributed by atoms with E-state index in [2.05, 4.69) is 25.1 Å². The Morgan fingerprint density at radius 2 is 2.04 bits per heavy atom. The number of amides is 1. The van der Waals surface area contributed by atoms with E-state index in [-0.39, 0.29) is 17.6 Å². The van der Waals surface area contributed by atoms with E-state index < -0.39 is 12.0 Å². The quantitative estimate of drug-likeness (QED) is 0.507. The number of aromatic nitrogens is 4. The lowest BCUT2D eigenvalue weighted by Crippen LogP contribution is -2.46. The van der Waals surface area contributed by atoms with Gasteiger partial charge in [0.15, 0.2) is 11.0 Å². The van der Waals surface area contributed by atoms with Crippen LogP contribution < -0.4 is 5.32 Å². The number of rotatable bonds is 9.